The van der Waals surface area contributed by atoms with Gasteiger partial charge in [0.2, 0.25) is 10.1 Å². The van der Waals surface area contributed by atoms with Crippen molar-refractivity contribution < 1.29 is 0 Å². The van der Waals surface area contributed by atoms with Crippen LogP contribution in [0.4, 0.5) is 5.13 Å². The van der Waals surface area contributed by atoms with E-state index in [1.54, 1.807) is 11.3 Å². The number of aromatic amines is 1. The van der Waals surface area contributed by atoms with Crippen molar-refractivity contribution in [3.05, 3.63) is 46.4 Å². The van der Waals surface area contributed by atoms with Gasteiger partial charge in [-0.05, 0) is 44.9 Å². The van der Waals surface area contributed by atoms with Crippen molar-refractivity contribution in [2.45, 2.75) is 34.2 Å². The van der Waals surface area contributed by atoms with Crippen LogP contribution in [0.15, 0.2) is 18.3 Å². The lowest BCUT2D eigenvalue weighted by Gasteiger charge is -2.06. The smallest absolute Gasteiger partial charge is 0.214 e. The van der Waals surface area contributed by atoms with E-state index in [1.807, 2.05) is 17.6 Å². The molecule has 0 saturated carbocycles. The van der Waals surface area contributed by atoms with Gasteiger partial charge >= 0.3 is 0 Å². The van der Waals surface area contributed by atoms with Gasteiger partial charge in [0.25, 0.3) is 0 Å². The molecule has 3 aromatic heterocycles. The zero-order chi connectivity index (χ0) is 16.1. The first-order valence-electron chi connectivity index (χ1n) is 7.66. The number of aryl methyl sites for hydroxylation is 4. The second-order valence-electron chi connectivity index (χ2n) is 6.09. The Morgan fingerprint density at radius 1 is 1.22 bits per heavy atom. The maximum absolute atomic E-state index is 4.53. The van der Waals surface area contributed by atoms with Gasteiger partial charge < -0.3 is 10.3 Å². The number of hydrogen-bond donors (Lipinski definition) is 2. The molecule has 0 fully saturated rings. The van der Waals surface area contributed by atoms with Crippen molar-refractivity contribution in [1.82, 2.24) is 19.6 Å². The molecule has 118 valence electrons. The molecule has 0 amide bonds. The van der Waals surface area contributed by atoms with Crippen molar-refractivity contribution >= 4 is 32.3 Å². The Kier molecular flexibility index (Phi) is 3.16. The lowest BCUT2D eigenvalue weighted by Crippen LogP contribution is -2.01. The normalized spacial score (nSPS) is 11.7. The highest BCUT2D eigenvalue weighted by Gasteiger charge is 2.11. The third-order valence-corrected chi connectivity index (χ3v) is 5.12. The molecule has 5 nitrogen and oxygen atoms in total. The number of anilines is 1. The molecule has 2 N–H and O–H groups in total. The average molecular weight is 325 g/mol. The van der Waals surface area contributed by atoms with E-state index in [-0.39, 0.29) is 0 Å². The van der Waals surface area contributed by atoms with Crippen LogP contribution >= 0.6 is 11.3 Å². The van der Waals surface area contributed by atoms with E-state index in [0.717, 1.165) is 22.3 Å². The van der Waals surface area contributed by atoms with Gasteiger partial charge in [0.15, 0.2) is 0 Å². The van der Waals surface area contributed by atoms with E-state index in [9.17, 15) is 0 Å². The first kappa shape index (κ1) is 14.3. The van der Waals surface area contributed by atoms with Crippen LogP contribution < -0.4 is 5.32 Å². The van der Waals surface area contributed by atoms with Crippen LogP contribution in [0.5, 0.6) is 0 Å². The molecular formula is C17H19N5S. The minimum absolute atomic E-state index is 0.743. The van der Waals surface area contributed by atoms with Crippen LogP contribution in [0.2, 0.25) is 0 Å². The molecule has 0 saturated heterocycles. The van der Waals surface area contributed by atoms with Gasteiger partial charge in [0.1, 0.15) is 0 Å². The van der Waals surface area contributed by atoms with Crippen molar-refractivity contribution in [2.24, 2.45) is 0 Å². The highest BCUT2D eigenvalue weighted by Crippen LogP contribution is 2.27. The zero-order valence-electron chi connectivity index (χ0n) is 13.7. The number of nitrogens with one attached hydrogen (secondary N) is 2. The molecule has 0 aliphatic heterocycles. The second-order valence-corrected chi connectivity index (χ2v) is 7.05. The Hall–Kier alpha value is -2.34. The third kappa shape index (κ3) is 2.39. The second kappa shape index (κ2) is 5.09. The Morgan fingerprint density at radius 3 is 2.83 bits per heavy atom. The summed E-state index contributed by atoms with van der Waals surface area (Å²) < 4.78 is 1.83. The summed E-state index contributed by atoms with van der Waals surface area (Å²) in [5.74, 6) is 0. The monoisotopic (exact) mass is 325 g/mol. The molecule has 6 heteroatoms. The summed E-state index contributed by atoms with van der Waals surface area (Å²) in [7, 11) is 0. The van der Waals surface area contributed by atoms with Crippen LogP contribution in [0.25, 0.3) is 15.9 Å². The maximum Gasteiger partial charge on any atom is 0.214 e. The highest BCUT2D eigenvalue weighted by molar-refractivity contribution is 7.20. The van der Waals surface area contributed by atoms with E-state index in [2.05, 4.69) is 53.3 Å². The maximum atomic E-state index is 4.53. The first-order chi connectivity index (χ1) is 11.0. The summed E-state index contributed by atoms with van der Waals surface area (Å²) in [5, 5.41) is 10.2. The predicted molar refractivity (Wildman–Crippen MR) is 95.4 cm³/mol. The van der Waals surface area contributed by atoms with Crippen LogP contribution in [-0.2, 0) is 6.54 Å². The predicted octanol–water partition coefficient (Wildman–Crippen LogP) is 4.12. The summed E-state index contributed by atoms with van der Waals surface area (Å²) in [6.07, 6.45) is 1.94. The van der Waals surface area contributed by atoms with Gasteiger partial charge in [-0.15, -0.1) is 5.10 Å². The number of imidazole rings is 1. The largest absolute Gasteiger partial charge is 0.358 e. The fourth-order valence-corrected chi connectivity index (χ4v) is 3.80. The Labute approximate surface area is 138 Å². The van der Waals surface area contributed by atoms with E-state index in [4.69, 9.17) is 0 Å². The van der Waals surface area contributed by atoms with Gasteiger partial charge in [-0.1, -0.05) is 23.0 Å². The molecule has 4 aromatic rings. The van der Waals surface area contributed by atoms with Crippen molar-refractivity contribution in [2.75, 3.05) is 5.32 Å². The summed E-state index contributed by atoms with van der Waals surface area (Å²) in [6.45, 7) is 9.16. The number of fused-ring (bicyclic) bond motifs is 2. The number of aromatic nitrogens is 4. The summed E-state index contributed by atoms with van der Waals surface area (Å²) in [5.41, 5.74) is 7.31. The van der Waals surface area contributed by atoms with Crippen molar-refractivity contribution in [3.63, 3.8) is 0 Å². The summed E-state index contributed by atoms with van der Waals surface area (Å²) >= 11 is 1.57. The molecular weight excluding hydrogens is 306 g/mol. The Bertz CT molecular complexity index is 989. The molecule has 0 aliphatic carbocycles. The number of nitrogens with zero attached hydrogens (tertiary/aromatic N) is 3. The van der Waals surface area contributed by atoms with Gasteiger partial charge in [0.05, 0.1) is 17.4 Å². The van der Waals surface area contributed by atoms with Gasteiger partial charge in [-0.25, -0.2) is 9.50 Å². The number of rotatable bonds is 3. The fraction of sp³-hybridized carbons (Fsp3) is 0.294. The quantitative estimate of drug-likeness (QED) is 0.596. The number of benzene rings is 1. The number of H-pyrrole nitrogens is 1. The van der Waals surface area contributed by atoms with Crippen LogP contribution in [0.1, 0.15) is 28.1 Å². The van der Waals surface area contributed by atoms with Crippen LogP contribution in [0.3, 0.4) is 0 Å². The van der Waals surface area contributed by atoms with Crippen LogP contribution in [-0.4, -0.2) is 19.6 Å². The standard InChI is InChI=1S/C17H19N5S/c1-9-5-13(15-14(6-9)11(3)12(4)20-15)7-18-16-21-22-8-10(2)19-17(22)23-16/h5-6,8,20H,7H2,1-4H3,(H,18,21). The Balaban J connectivity index is 1.66. The lowest BCUT2D eigenvalue weighted by atomic mass is 10.0. The zero-order valence-corrected chi connectivity index (χ0v) is 14.5. The topological polar surface area (TPSA) is 58.0 Å². The molecule has 3 heterocycles. The SMILES string of the molecule is Cc1cc(CNc2nn3cc(C)nc3s2)c2[nH]c(C)c(C)c2c1. The molecule has 1 aromatic carbocycles. The molecule has 0 aliphatic rings. The van der Waals surface area contributed by atoms with E-state index in [0.29, 0.717) is 0 Å². The van der Waals surface area contributed by atoms with Gasteiger partial charge in [-0.3, -0.25) is 0 Å². The molecule has 4 rings (SSSR count). The molecule has 0 unspecified atom stereocenters. The highest BCUT2D eigenvalue weighted by atomic mass is 32.1. The summed E-state index contributed by atoms with van der Waals surface area (Å²) in [4.78, 5) is 8.88. The van der Waals surface area contributed by atoms with E-state index < -0.39 is 0 Å². The molecule has 0 spiro atoms. The van der Waals surface area contributed by atoms with Crippen molar-refractivity contribution in [1.29, 1.82) is 0 Å². The molecule has 0 atom stereocenters. The van der Waals surface area contributed by atoms with Crippen molar-refractivity contribution in [3.8, 4) is 0 Å². The minimum Gasteiger partial charge on any atom is -0.358 e. The molecule has 0 bridgehead atoms. The average Bonchev–Trinajstić information content (AvgIpc) is 3.10. The fourth-order valence-electron chi connectivity index (χ4n) is 2.98. The Morgan fingerprint density at radius 2 is 2.04 bits per heavy atom. The van der Waals surface area contributed by atoms with Gasteiger partial charge in [-0.2, -0.15) is 0 Å². The van der Waals surface area contributed by atoms with Crippen LogP contribution in [0, 0.1) is 27.7 Å². The van der Waals surface area contributed by atoms with Gasteiger partial charge in [0, 0.05) is 17.6 Å². The third-order valence-electron chi connectivity index (χ3n) is 4.24. The minimum atomic E-state index is 0.743. The molecule has 0 radical (unpaired) electrons. The lowest BCUT2D eigenvalue weighted by molar-refractivity contribution is 0.960. The van der Waals surface area contributed by atoms with E-state index in [1.165, 1.54) is 33.3 Å². The van der Waals surface area contributed by atoms with E-state index >= 15 is 0 Å². The molecule has 23 heavy (non-hydrogen) atoms. The summed E-state index contributed by atoms with van der Waals surface area (Å²) in [6, 6.07) is 4.48. The number of hydrogen-bond acceptors (Lipinski definition) is 4. The first-order valence-corrected chi connectivity index (χ1v) is 8.48.